The minimum atomic E-state index is -3.35. The van der Waals surface area contributed by atoms with Crippen molar-refractivity contribution < 1.29 is 22.7 Å². The number of methoxy groups -OCH3 is 2. The van der Waals surface area contributed by atoms with E-state index in [-0.39, 0.29) is 10.8 Å². The van der Waals surface area contributed by atoms with Gasteiger partial charge in [0.05, 0.1) is 19.1 Å². The van der Waals surface area contributed by atoms with Gasteiger partial charge in [-0.2, -0.15) is 0 Å². The summed E-state index contributed by atoms with van der Waals surface area (Å²) >= 11 is 0. The van der Waals surface area contributed by atoms with Gasteiger partial charge in [0.15, 0.2) is 9.84 Å². The first-order valence-electron chi connectivity index (χ1n) is 7.76. The van der Waals surface area contributed by atoms with Gasteiger partial charge in [-0.15, -0.1) is 0 Å². The van der Waals surface area contributed by atoms with E-state index in [9.17, 15) is 13.2 Å². The van der Waals surface area contributed by atoms with Crippen LogP contribution < -0.4 is 14.8 Å². The molecule has 6 nitrogen and oxygen atoms in total. The molecule has 1 amide bonds. The second kappa shape index (κ2) is 8.05. The molecule has 0 saturated carbocycles. The largest absolute Gasteiger partial charge is 0.497 e. The van der Waals surface area contributed by atoms with Gasteiger partial charge in [-0.05, 0) is 48.9 Å². The summed E-state index contributed by atoms with van der Waals surface area (Å²) in [7, 11) is -0.254. The van der Waals surface area contributed by atoms with Crippen molar-refractivity contribution in [3.8, 4) is 11.5 Å². The van der Waals surface area contributed by atoms with Crippen LogP contribution in [-0.4, -0.2) is 34.8 Å². The van der Waals surface area contributed by atoms with Crippen LogP contribution in [0.15, 0.2) is 47.4 Å². The number of rotatable bonds is 6. The first-order chi connectivity index (χ1) is 12.2. The van der Waals surface area contributed by atoms with E-state index in [1.807, 2.05) is 0 Å². The minimum absolute atomic E-state index is 0.150. The molecular formula is C19H21NO5S. The number of anilines is 1. The highest BCUT2D eigenvalue weighted by atomic mass is 32.2. The molecule has 0 radical (unpaired) electrons. The molecule has 0 atom stereocenters. The van der Waals surface area contributed by atoms with Crippen molar-refractivity contribution >= 4 is 27.5 Å². The molecule has 0 bridgehead atoms. The average molecular weight is 375 g/mol. The molecule has 1 N–H and O–H groups in total. The molecule has 0 aromatic heterocycles. The quantitative estimate of drug-likeness (QED) is 0.785. The Hall–Kier alpha value is -2.80. The molecule has 0 aliphatic rings. The Kier molecular flexibility index (Phi) is 6.05. The third kappa shape index (κ3) is 4.86. The van der Waals surface area contributed by atoms with Crippen molar-refractivity contribution in [2.75, 3.05) is 25.8 Å². The molecule has 0 spiro atoms. The lowest BCUT2D eigenvalue weighted by molar-refractivity contribution is -0.111. The highest BCUT2D eigenvalue weighted by Crippen LogP contribution is 2.25. The molecule has 2 rings (SSSR count). The van der Waals surface area contributed by atoms with Gasteiger partial charge in [0, 0.05) is 23.6 Å². The lowest BCUT2D eigenvalue weighted by atomic mass is 10.1. The van der Waals surface area contributed by atoms with Crippen LogP contribution in [0.2, 0.25) is 0 Å². The van der Waals surface area contributed by atoms with E-state index in [1.54, 1.807) is 51.5 Å². The van der Waals surface area contributed by atoms with Crippen LogP contribution in [-0.2, 0) is 14.6 Å². The summed E-state index contributed by atoms with van der Waals surface area (Å²) in [6.07, 6.45) is 4.08. The van der Waals surface area contributed by atoms with Crippen molar-refractivity contribution in [1.29, 1.82) is 0 Å². The zero-order valence-electron chi connectivity index (χ0n) is 15.1. The number of hydrogen-bond donors (Lipinski definition) is 1. The Bertz CT molecular complexity index is 948. The van der Waals surface area contributed by atoms with Crippen molar-refractivity contribution in [2.45, 2.75) is 11.8 Å². The molecular weight excluding hydrogens is 354 g/mol. The third-order valence-corrected chi connectivity index (χ3v) is 4.86. The normalized spacial score (nSPS) is 11.4. The van der Waals surface area contributed by atoms with E-state index >= 15 is 0 Å². The lowest BCUT2D eigenvalue weighted by Crippen LogP contribution is -2.10. The summed E-state index contributed by atoms with van der Waals surface area (Å²) in [5.74, 6) is 0.858. The van der Waals surface area contributed by atoms with Gasteiger partial charge < -0.3 is 14.8 Å². The second-order valence-corrected chi connectivity index (χ2v) is 7.70. The molecule has 0 aliphatic carbocycles. The van der Waals surface area contributed by atoms with Crippen LogP contribution in [0.1, 0.15) is 11.1 Å². The minimum Gasteiger partial charge on any atom is -0.497 e. The Morgan fingerprint density at radius 1 is 1.08 bits per heavy atom. The van der Waals surface area contributed by atoms with Crippen molar-refractivity contribution in [1.82, 2.24) is 0 Å². The molecule has 7 heteroatoms. The fourth-order valence-corrected chi connectivity index (χ4v) is 2.92. The highest BCUT2D eigenvalue weighted by molar-refractivity contribution is 7.90. The number of aryl methyl sites for hydroxylation is 1. The Labute approximate surface area is 153 Å². The zero-order valence-corrected chi connectivity index (χ0v) is 15.9. The highest BCUT2D eigenvalue weighted by Gasteiger charge is 2.10. The fraction of sp³-hybridized carbons (Fsp3) is 0.211. The monoisotopic (exact) mass is 375 g/mol. The number of carbonyl (C=O) groups is 1. The third-order valence-electron chi connectivity index (χ3n) is 3.75. The molecule has 2 aromatic carbocycles. The van der Waals surface area contributed by atoms with Crippen molar-refractivity contribution in [3.05, 3.63) is 53.6 Å². The van der Waals surface area contributed by atoms with Crippen LogP contribution in [0.4, 0.5) is 5.69 Å². The number of sulfone groups is 1. The summed E-state index contributed by atoms with van der Waals surface area (Å²) in [5.41, 5.74) is 1.89. The molecule has 26 heavy (non-hydrogen) atoms. The van der Waals surface area contributed by atoms with Crippen LogP contribution >= 0.6 is 0 Å². The lowest BCUT2D eigenvalue weighted by Gasteiger charge is -2.09. The van der Waals surface area contributed by atoms with Crippen LogP contribution in [0, 0.1) is 6.92 Å². The first-order valence-corrected chi connectivity index (χ1v) is 9.65. The summed E-state index contributed by atoms with van der Waals surface area (Å²) in [5, 5.41) is 2.70. The standard InChI is InChI=1S/C19H21NO5S/c1-13-5-8-16(26(4,22)23)12-17(13)20-19(21)10-6-14-11-15(24-2)7-9-18(14)25-3/h5-12H,1-4H3,(H,20,21)/b10-6+. The molecule has 2 aromatic rings. The molecule has 138 valence electrons. The van der Waals surface area contributed by atoms with Gasteiger partial charge in [-0.1, -0.05) is 6.07 Å². The predicted molar refractivity (Wildman–Crippen MR) is 101 cm³/mol. The number of carbonyl (C=O) groups excluding carboxylic acids is 1. The van der Waals surface area contributed by atoms with E-state index in [4.69, 9.17) is 9.47 Å². The van der Waals surface area contributed by atoms with E-state index in [2.05, 4.69) is 5.32 Å². The maximum atomic E-state index is 12.2. The first kappa shape index (κ1) is 19.5. The Morgan fingerprint density at radius 2 is 1.81 bits per heavy atom. The van der Waals surface area contributed by atoms with Crippen molar-refractivity contribution in [3.63, 3.8) is 0 Å². The molecule has 0 saturated heterocycles. The van der Waals surface area contributed by atoms with E-state index in [1.165, 1.54) is 18.2 Å². The SMILES string of the molecule is COc1ccc(OC)c(/C=C/C(=O)Nc2cc(S(C)(=O)=O)ccc2C)c1. The van der Waals surface area contributed by atoms with Gasteiger partial charge in [-0.25, -0.2) is 8.42 Å². The second-order valence-electron chi connectivity index (χ2n) is 5.68. The van der Waals surface area contributed by atoms with Crippen LogP contribution in [0.5, 0.6) is 11.5 Å². The smallest absolute Gasteiger partial charge is 0.248 e. The molecule has 0 fully saturated rings. The van der Waals surface area contributed by atoms with Crippen molar-refractivity contribution in [2.24, 2.45) is 0 Å². The van der Waals surface area contributed by atoms with E-state index in [0.29, 0.717) is 22.7 Å². The fourth-order valence-electron chi connectivity index (χ4n) is 2.28. The molecule has 0 aliphatic heterocycles. The Balaban J connectivity index is 2.23. The van der Waals surface area contributed by atoms with Gasteiger partial charge in [0.1, 0.15) is 11.5 Å². The van der Waals surface area contributed by atoms with Gasteiger partial charge in [-0.3, -0.25) is 4.79 Å². The average Bonchev–Trinajstić information content (AvgIpc) is 2.60. The zero-order chi connectivity index (χ0) is 19.3. The summed E-state index contributed by atoms with van der Waals surface area (Å²) in [6.45, 7) is 1.79. The van der Waals surface area contributed by atoms with E-state index < -0.39 is 9.84 Å². The van der Waals surface area contributed by atoms with Crippen LogP contribution in [0.25, 0.3) is 6.08 Å². The summed E-state index contributed by atoms with van der Waals surface area (Å²) < 4.78 is 33.8. The topological polar surface area (TPSA) is 81.7 Å². The number of benzene rings is 2. The molecule has 0 heterocycles. The summed E-state index contributed by atoms with van der Waals surface area (Å²) in [6, 6.07) is 9.87. The number of nitrogens with one attached hydrogen (secondary N) is 1. The molecule has 0 unspecified atom stereocenters. The van der Waals surface area contributed by atoms with Gasteiger partial charge >= 0.3 is 0 Å². The number of amides is 1. The number of hydrogen-bond acceptors (Lipinski definition) is 5. The maximum absolute atomic E-state index is 12.2. The summed E-state index contributed by atoms with van der Waals surface area (Å²) in [4.78, 5) is 12.4. The van der Waals surface area contributed by atoms with Gasteiger partial charge in [0.2, 0.25) is 5.91 Å². The number of ether oxygens (including phenoxy) is 2. The van der Waals surface area contributed by atoms with Gasteiger partial charge in [0.25, 0.3) is 0 Å². The van der Waals surface area contributed by atoms with Crippen LogP contribution in [0.3, 0.4) is 0 Å². The Morgan fingerprint density at radius 3 is 2.42 bits per heavy atom. The maximum Gasteiger partial charge on any atom is 0.248 e. The van der Waals surface area contributed by atoms with E-state index in [0.717, 1.165) is 11.8 Å². The predicted octanol–water partition coefficient (Wildman–Crippen LogP) is 3.07.